The Balaban J connectivity index is 2.53. The lowest BCUT2D eigenvalue weighted by atomic mass is 10.0. The number of aryl methyl sites for hydroxylation is 1. The molecule has 114 valence electrons. The number of halogens is 3. The quantitative estimate of drug-likeness (QED) is 0.791. The lowest BCUT2D eigenvalue weighted by Gasteiger charge is -2.20. The highest BCUT2D eigenvalue weighted by molar-refractivity contribution is 5.26. The van der Waals surface area contributed by atoms with Gasteiger partial charge in [0.05, 0.1) is 6.61 Å². The van der Waals surface area contributed by atoms with Gasteiger partial charge in [-0.05, 0) is 37.4 Å². The Bertz CT molecular complexity index is 393. The fraction of sp³-hybridized carbons (Fsp3) is 0.600. The van der Waals surface area contributed by atoms with E-state index in [0.29, 0.717) is 6.42 Å². The second-order valence-corrected chi connectivity index (χ2v) is 4.91. The molecule has 2 nitrogen and oxygen atoms in total. The lowest BCUT2D eigenvalue weighted by molar-refractivity contribution is -0.175. The van der Waals surface area contributed by atoms with E-state index < -0.39 is 12.8 Å². The van der Waals surface area contributed by atoms with Gasteiger partial charge in [0, 0.05) is 6.04 Å². The summed E-state index contributed by atoms with van der Waals surface area (Å²) in [6.45, 7) is 3.67. The first-order valence-corrected chi connectivity index (χ1v) is 6.84. The van der Waals surface area contributed by atoms with Gasteiger partial charge in [-0.3, -0.25) is 0 Å². The monoisotopic (exact) mass is 289 g/mol. The van der Waals surface area contributed by atoms with Crippen molar-refractivity contribution in [1.29, 1.82) is 0 Å². The Morgan fingerprint density at radius 2 is 1.95 bits per heavy atom. The van der Waals surface area contributed by atoms with Crippen LogP contribution in [0.1, 0.15) is 24.5 Å². The maximum atomic E-state index is 12.1. The summed E-state index contributed by atoms with van der Waals surface area (Å²) in [5.41, 5.74) is 2.28. The predicted octanol–water partition coefficient (Wildman–Crippen LogP) is 3.48. The average Bonchev–Trinajstić information content (AvgIpc) is 2.36. The van der Waals surface area contributed by atoms with Crippen LogP contribution in [-0.2, 0) is 11.2 Å². The molecule has 0 aliphatic heterocycles. The van der Waals surface area contributed by atoms with Crippen LogP contribution in [0.15, 0.2) is 24.3 Å². The van der Waals surface area contributed by atoms with E-state index in [0.717, 1.165) is 24.1 Å². The second kappa shape index (κ2) is 8.27. The molecule has 0 aromatic heterocycles. The van der Waals surface area contributed by atoms with E-state index in [1.165, 1.54) is 0 Å². The van der Waals surface area contributed by atoms with E-state index in [4.69, 9.17) is 4.74 Å². The van der Waals surface area contributed by atoms with Gasteiger partial charge in [-0.15, -0.1) is 0 Å². The first-order chi connectivity index (χ1) is 9.42. The van der Waals surface area contributed by atoms with Gasteiger partial charge in [0.25, 0.3) is 0 Å². The first-order valence-electron chi connectivity index (χ1n) is 6.84. The maximum absolute atomic E-state index is 12.1. The summed E-state index contributed by atoms with van der Waals surface area (Å²) in [6, 6.07) is 7.80. The molecule has 0 amide bonds. The molecule has 1 aromatic rings. The van der Waals surface area contributed by atoms with E-state index in [1.54, 1.807) is 0 Å². The number of nitrogens with one attached hydrogen (secondary N) is 1. The van der Waals surface area contributed by atoms with Crippen molar-refractivity contribution in [1.82, 2.24) is 5.32 Å². The molecule has 0 aliphatic rings. The summed E-state index contributed by atoms with van der Waals surface area (Å²) < 4.78 is 41.1. The van der Waals surface area contributed by atoms with Gasteiger partial charge in [0.15, 0.2) is 0 Å². The molecule has 0 spiro atoms. The van der Waals surface area contributed by atoms with Gasteiger partial charge in [0.1, 0.15) is 6.61 Å². The summed E-state index contributed by atoms with van der Waals surface area (Å²) in [5.74, 6) is 0. The van der Waals surface area contributed by atoms with Crippen molar-refractivity contribution in [3.05, 3.63) is 35.4 Å². The molecule has 20 heavy (non-hydrogen) atoms. The molecule has 0 fully saturated rings. The number of hydrogen-bond donors (Lipinski definition) is 1. The van der Waals surface area contributed by atoms with Gasteiger partial charge in [0.2, 0.25) is 0 Å². The normalized spacial score (nSPS) is 13.4. The number of alkyl halides is 3. The van der Waals surface area contributed by atoms with E-state index >= 15 is 0 Å². The van der Waals surface area contributed by atoms with Crippen LogP contribution in [0, 0.1) is 6.92 Å². The minimum atomic E-state index is -4.27. The van der Waals surface area contributed by atoms with Crippen LogP contribution in [0.4, 0.5) is 13.2 Å². The Morgan fingerprint density at radius 1 is 1.25 bits per heavy atom. The molecule has 1 N–H and O–H groups in total. The highest BCUT2D eigenvalue weighted by Crippen LogP contribution is 2.15. The number of benzene rings is 1. The third kappa shape index (κ3) is 6.91. The van der Waals surface area contributed by atoms with Crippen LogP contribution in [0.2, 0.25) is 0 Å². The molecular weight excluding hydrogens is 267 g/mol. The van der Waals surface area contributed by atoms with E-state index in [-0.39, 0.29) is 12.6 Å². The molecule has 1 aromatic carbocycles. The number of rotatable bonds is 8. The van der Waals surface area contributed by atoms with E-state index in [1.807, 2.05) is 38.1 Å². The molecule has 0 radical (unpaired) electrons. The fourth-order valence-electron chi connectivity index (χ4n) is 1.96. The highest BCUT2D eigenvalue weighted by Gasteiger charge is 2.27. The third-order valence-corrected chi connectivity index (χ3v) is 3.00. The van der Waals surface area contributed by atoms with Crippen molar-refractivity contribution in [2.24, 2.45) is 0 Å². The number of ether oxygens (including phenoxy) is 1. The molecule has 1 rings (SSSR count). The lowest BCUT2D eigenvalue weighted by Crippen LogP contribution is -2.37. The van der Waals surface area contributed by atoms with Crippen LogP contribution in [0.25, 0.3) is 0 Å². The minimum Gasteiger partial charge on any atom is -0.370 e. The van der Waals surface area contributed by atoms with Crippen LogP contribution < -0.4 is 5.32 Å². The van der Waals surface area contributed by atoms with Crippen LogP contribution in [-0.4, -0.2) is 32.0 Å². The van der Waals surface area contributed by atoms with Gasteiger partial charge >= 0.3 is 6.18 Å². The zero-order valence-electron chi connectivity index (χ0n) is 12.0. The first kappa shape index (κ1) is 17.0. The van der Waals surface area contributed by atoms with Crippen molar-refractivity contribution in [2.45, 2.75) is 38.9 Å². The molecule has 1 unspecified atom stereocenters. The van der Waals surface area contributed by atoms with Crippen molar-refractivity contribution < 1.29 is 17.9 Å². The molecule has 0 bridgehead atoms. The zero-order chi connectivity index (χ0) is 15.0. The summed E-state index contributed by atoms with van der Waals surface area (Å²) >= 11 is 0. The zero-order valence-corrected chi connectivity index (χ0v) is 12.0. The topological polar surface area (TPSA) is 21.3 Å². The van der Waals surface area contributed by atoms with Crippen molar-refractivity contribution in [3.63, 3.8) is 0 Å². The average molecular weight is 289 g/mol. The standard InChI is InChI=1S/C15H22F3NO/c1-3-8-19-14(10-20-11-15(16,17)18)9-13-7-5-4-6-12(13)2/h4-7,14,19H,3,8-11H2,1-2H3. The summed E-state index contributed by atoms with van der Waals surface area (Å²) in [4.78, 5) is 0. The van der Waals surface area contributed by atoms with Gasteiger partial charge in [-0.1, -0.05) is 31.2 Å². The van der Waals surface area contributed by atoms with Gasteiger partial charge in [-0.25, -0.2) is 0 Å². The third-order valence-electron chi connectivity index (χ3n) is 3.00. The fourth-order valence-corrected chi connectivity index (χ4v) is 1.96. The molecule has 0 aliphatic carbocycles. The minimum absolute atomic E-state index is 0.0633. The van der Waals surface area contributed by atoms with Crippen molar-refractivity contribution in [2.75, 3.05) is 19.8 Å². The molecule has 5 heteroatoms. The van der Waals surface area contributed by atoms with E-state index in [9.17, 15) is 13.2 Å². The van der Waals surface area contributed by atoms with Crippen LogP contribution >= 0.6 is 0 Å². The number of hydrogen-bond acceptors (Lipinski definition) is 2. The Hall–Kier alpha value is -1.07. The predicted molar refractivity (Wildman–Crippen MR) is 73.8 cm³/mol. The summed E-state index contributed by atoms with van der Waals surface area (Å²) in [7, 11) is 0. The maximum Gasteiger partial charge on any atom is 0.411 e. The second-order valence-electron chi connectivity index (χ2n) is 4.91. The molecule has 0 heterocycles. The summed E-state index contributed by atoms with van der Waals surface area (Å²) in [5, 5.41) is 3.24. The molecular formula is C15H22F3NO. The Morgan fingerprint density at radius 3 is 2.55 bits per heavy atom. The van der Waals surface area contributed by atoms with Gasteiger partial charge in [-0.2, -0.15) is 13.2 Å². The van der Waals surface area contributed by atoms with Crippen molar-refractivity contribution in [3.8, 4) is 0 Å². The van der Waals surface area contributed by atoms with Crippen molar-refractivity contribution >= 4 is 0 Å². The Labute approximate surface area is 118 Å². The molecule has 1 atom stereocenters. The molecule has 0 saturated heterocycles. The van der Waals surface area contributed by atoms with E-state index in [2.05, 4.69) is 5.32 Å². The van der Waals surface area contributed by atoms with Crippen LogP contribution in [0.5, 0.6) is 0 Å². The van der Waals surface area contributed by atoms with Gasteiger partial charge < -0.3 is 10.1 Å². The molecule has 0 saturated carbocycles. The van der Waals surface area contributed by atoms with Crippen LogP contribution in [0.3, 0.4) is 0 Å². The smallest absolute Gasteiger partial charge is 0.370 e. The SMILES string of the molecule is CCCNC(COCC(F)(F)F)Cc1ccccc1C. The highest BCUT2D eigenvalue weighted by atomic mass is 19.4. The summed E-state index contributed by atoms with van der Waals surface area (Å²) in [6.07, 6.45) is -2.66. The largest absolute Gasteiger partial charge is 0.411 e. The Kier molecular flexibility index (Phi) is 7.02.